The molecule has 2 aromatic rings. The van der Waals surface area contributed by atoms with Gasteiger partial charge >= 0.3 is 0 Å². The van der Waals surface area contributed by atoms with Crippen LogP contribution in [0.2, 0.25) is 0 Å². The molecule has 3 heterocycles. The summed E-state index contributed by atoms with van der Waals surface area (Å²) >= 11 is 0. The predicted octanol–water partition coefficient (Wildman–Crippen LogP) is 3.01. The van der Waals surface area contributed by atoms with Gasteiger partial charge in [0.05, 0.1) is 6.54 Å². The van der Waals surface area contributed by atoms with E-state index in [1.54, 1.807) is 0 Å². The first-order valence-corrected chi connectivity index (χ1v) is 10.4. The molecule has 1 aromatic heterocycles. The van der Waals surface area contributed by atoms with Gasteiger partial charge in [-0.1, -0.05) is 30.3 Å². The number of carbonyl (C=O) groups is 1. The number of hydrogen-bond acceptors (Lipinski definition) is 5. The van der Waals surface area contributed by atoms with Gasteiger partial charge in [0.1, 0.15) is 6.26 Å². The summed E-state index contributed by atoms with van der Waals surface area (Å²) in [5, 5.41) is 0. The van der Waals surface area contributed by atoms with Gasteiger partial charge in [-0.25, -0.2) is 4.98 Å². The summed E-state index contributed by atoms with van der Waals surface area (Å²) < 4.78 is 5.63. The predicted molar refractivity (Wildman–Crippen MR) is 108 cm³/mol. The maximum Gasteiger partial charge on any atom is 0.276 e. The first-order chi connectivity index (χ1) is 13.6. The Kier molecular flexibility index (Phi) is 5.78. The van der Waals surface area contributed by atoms with E-state index in [0.29, 0.717) is 18.1 Å². The molecule has 1 amide bonds. The minimum Gasteiger partial charge on any atom is -0.447 e. The molecule has 0 saturated carbocycles. The first-order valence-electron chi connectivity index (χ1n) is 10.4. The Balaban J connectivity index is 1.28. The van der Waals surface area contributed by atoms with Gasteiger partial charge in [-0.05, 0) is 32.3 Å². The van der Waals surface area contributed by atoms with Crippen LogP contribution in [0.15, 0.2) is 41.0 Å². The van der Waals surface area contributed by atoms with Crippen LogP contribution in [0, 0.1) is 0 Å². The molecule has 0 bridgehead atoms. The Morgan fingerprint density at radius 1 is 1.00 bits per heavy atom. The molecule has 0 N–H and O–H groups in total. The second-order valence-corrected chi connectivity index (χ2v) is 8.15. The largest absolute Gasteiger partial charge is 0.447 e. The lowest BCUT2D eigenvalue weighted by molar-refractivity contribution is 0.0686. The molecular formula is C22H30N4O2. The first kappa shape index (κ1) is 19.2. The summed E-state index contributed by atoms with van der Waals surface area (Å²) in [5.41, 5.74) is 1.80. The monoisotopic (exact) mass is 382 g/mol. The lowest BCUT2D eigenvalue weighted by atomic mass is 10.2. The average molecular weight is 383 g/mol. The zero-order valence-corrected chi connectivity index (χ0v) is 16.9. The van der Waals surface area contributed by atoms with Crippen LogP contribution in [-0.2, 0) is 13.1 Å². The molecule has 4 rings (SSSR count). The third-order valence-corrected chi connectivity index (χ3v) is 6.03. The number of likely N-dealkylation sites (tertiary alicyclic amines) is 1. The van der Waals surface area contributed by atoms with Crippen LogP contribution in [0.4, 0.5) is 0 Å². The standard InChI is InChI=1S/C22H30N4O2/c1-17-8-9-18(2)26(17)22(27)20-16-28-21(23-20)15-25-12-10-24(11-13-25)14-19-6-4-3-5-7-19/h3-7,16-18H,8-15H2,1-2H3. The fourth-order valence-corrected chi connectivity index (χ4v) is 4.35. The highest BCUT2D eigenvalue weighted by atomic mass is 16.3. The molecule has 150 valence electrons. The van der Waals surface area contributed by atoms with Gasteiger partial charge in [0, 0.05) is 44.8 Å². The second kappa shape index (κ2) is 8.45. The smallest absolute Gasteiger partial charge is 0.276 e. The number of rotatable bonds is 5. The molecule has 1 aromatic carbocycles. The van der Waals surface area contributed by atoms with Crippen molar-refractivity contribution in [1.82, 2.24) is 19.7 Å². The number of carbonyl (C=O) groups excluding carboxylic acids is 1. The van der Waals surface area contributed by atoms with Crippen LogP contribution in [0.5, 0.6) is 0 Å². The molecule has 6 heteroatoms. The van der Waals surface area contributed by atoms with Crippen molar-refractivity contribution in [3.63, 3.8) is 0 Å². The fourth-order valence-electron chi connectivity index (χ4n) is 4.35. The van der Waals surface area contributed by atoms with Crippen molar-refractivity contribution in [1.29, 1.82) is 0 Å². The Labute approximate surface area is 167 Å². The summed E-state index contributed by atoms with van der Waals surface area (Å²) in [6.07, 6.45) is 3.65. The number of amides is 1. The third kappa shape index (κ3) is 4.28. The SMILES string of the molecule is CC1CCC(C)N1C(=O)c1coc(CN2CCN(Cc3ccccc3)CC2)n1. The normalized spacial score (nSPS) is 24.0. The summed E-state index contributed by atoms with van der Waals surface area (Å²) in [5.74, 6) is 0.638. The molecule has 2 aliphatic heterocycles. The topological polar surface area (TPSA) is 52.8 Å². The molecule has 2 saturated heterocycles. The van der Waals surface area contributed by atoms with Crippen molar-refractivity contribution in [2.45, 2.75) is 51.9 Å². The molecule has 2 aliphatic rings. The second-order valence-electron chi connectivity index (χ2n) is 8.15. The Hall–Kier alpha value is -2.18. The van der Waals surface area contributed by atoms with E-state index >= 15 is 0 Å². The molecular weight excluding hydrogens is 352 g/mol. The van der Waals surface area contributed by atoms with E-state index in [1.807, 2.05) is 4.90 Å². The lowest BCUT2D eigenvalue weighted by Crippen LogP contribution is -2.45. The highest BCUT2D eigenvalue weighted by molar-refractivity contribution is 5.92. The van der Waals surface area contributed by atoms with Gasteiger partial charge in [-0.3, -0.25) is 14.6 Å². The van der Waals surface area contributed by atoms with Crippen molar-refractivity contribution in [3.8, 4) is 0 Å². The Morgan fingerprint density at radius 3 is 2.25 bits per heavy atom. The van der Waals surface area contributed by atoms with Gasteiger partial charge in [-0.15, -0.1) is 0 Å². The lowest BCUT2D eigenvalue weighted by Gasteiger charge is -2.34. The molecule has 0 radical (unpaired) electrons. The molecule has 6 nitrogen and oxygen atoms in total. The van der Waals surface area contributed by atoms with Crippen molar-refractivity contribution in [2.75, 3.05) is 26.2 Å². The van der Waals surface area contributed by atoms with Gasteiger partial charge in [-0.2, -0.15) is 0 Å². The van der Waals surface area contributed by atoms with Crippen molar-refractivity contribution < 1.29 is 9.21 Å². The number of aromatic nitrogens is 1. The van der Waals surface area contributed by atoms with E-state index in [9.17, 15) is 4.79 Å². The molecule has 0 spiro atoms. The van der Waals surface area contributed by atoms with Crippen LogP contribution < -0.4 is 0 Å². The van der Waals surface area contributed by atoms with Crippen LogP contribution in [-0.4, -0.2) is 63.9 Å². The highest BCUT2D eigenvalue weighted by Crippen LogP contribution is 2.25. The van der Waals surface area contributed by atoms with E-state index in [0.717, 1.165) is 45.6 Å². The molecule has 2 atom stereocenters. The zero-order valence-electron chi connectivity index (χ0n) is 16.9. The van der Waals surface area contributed by atoms with E-state index in [4.69, 9.17) is 4.42 Å². The van der Waals surface area contributed by atoms with E-state index in [2.05, 4.69) is 59.0 Å². The van der Waals surface area contributed by atoms with Crippen molar-refractivity contribution in [3.05, 3.63) is 53.7 Å². The number of piperazine rings is 1. The summed E-state index contributed by atoms with van der Waals surface area (Å²) in [4.78, 5) is 24.0. The van der Waals surface area contributed by atoms with Gasteiger partial charge in [0.25, 0.3) is 5.91 Å². The average Bonchev–Trinajstić information content (AvgIpc) is 3.30. The van der Waals surface area contributed by atoms with Gasteiger partial charge in [0.2, 0.25) is 5.89 Å². The van der Waals surface area contributed by atoms with E-state index < -0.39 is 0 Å². The molecule has 0 aliphatic carbocycles. The van der Waals surface area contributed by atoms with Crippen molar-refractivity contribution in [2.24, 2.45) is 0 Å². The Morgan fingerprint density at radius 2 is 1.61 bits per heavy atom. The summed E-state index contributed by atoms with van der Waals surface area (Å²) in [7, 11) is 0. The van der Waals surface area contributed by atoms with E-state index in [-0.39, 0.29) is 18.0 Å². The van der Waals surface area contributed by atoms with Crippen LogP contribution in [0.25, 0.3) is 0 Å². The van der Waals surface area contributed by atoms with Gasteiger partial charge < -0.3 is 9.32 Å². The quantitative estimate of drug-likeness (QED) is 0.796. The minimum atomic E-state index is 0.000167. The van der Waals surface area contributed by atoms with Crippen LogP contribution in [0.3, 0.4) is 0 Å². The maximum atomic E-state index is 12.8. The number of hydrogen-bond donors (Lipinski definition) is 0. The minimum absolute atomic E-state index is 0.000167. The van der Waals surface area contributed by atoms with Crippen LogP contribution in [0.1, 0.15) is 48.6 Å². The summed E-state index contributed by atoms with van der Waals surface area (Å²) in [6, 6.07) is 11.2. The number of oxazole rings is 1. The van der Waals surface area contributed by atoms with Crippen LogP contribution >= 0.6 is 0 Å². The number of nitrogens with zero attached hydrogens (tertiary/aromatic N) is 4. The Bertz CT molecular complexity index is 773. The molecule has 2 fully saturated rings. The molecule has 28 heavy (non-hydrogen) atoms. The van der Waals surface area contributed by atoms with E-state index in [1.165, 1.54) is 11.8 Å². The maximum absolute atomic E-state index is 12.8. The number of benzene rings is 1. The van der Waals surface area contributed by atoms with Gasteiger partial charge in [0.15, 0.2) is 5.69 Å². The highest BCUT2D eigenvalue weighted by Gasteiger charge is 2.33. The van der Waals surface area contributed by atoms with Crippen molar-refractivity contribution >= 4 is 5.91 Å². The summed E-state index contributed by atoms with van der Waals surface area (Å²) in [6.45, 7) is 9.91. The molecule has 2 unspecified atom stereocenters. The third-order valence-electron chi connectivity index (χ3n) is 6.03. The zero-order chi connectivity index (χ0) is 19.5. The fraction of sp³-hybridized carbons (Fsp3) is 0.545.